The molecular formula is C12H15BrClNOS. The van der Waals surface area contributed by atoms with Crippen molar-refractivity contribution in [3.05, 3.63) is 33.3 Å². The lowest BCUT2D eigenvalue weighted by Crippen LogP contribution is -2.34. The van der Waals surface area contributed by atoms with Gasteiger partial charge in [-0.2, -0.15) is 11.8 Å². The van der Waals surface area contributed by atoms with E-state index in [1.54, 1.807) is 18.2 Å². The van der Waals surface area contributed by atoms with Gasteiger partial charge in [0.2, 0.25) is 0 Å². The van der Waals surface area contributed by atoms with Crippen LogP contribution in [0.2, 0.25) is 5.02 Å². The minimum Gasteiger partial charge on any atom is -0.349 e. The summed E-state index contributed by atoms with van der Waals surface area (Å²) < 4.78 is 0.797. The molecule has 1 amide bonds. The number of amides is 1. The average molecular weight is 337 g/mol. The molecule has 1 atom stereocenters. The lowest BCUT2D eigenvalue weighted by molar-refractivity contribution is 0.0944. The van der Waals surface area contributed by atoms with Gasteiger partial charge in [-0.05, 0) is 46.8 Å². The molecule has 2 nitrogen and oxygen atoms in total. The Morgan fingerprint density at radius 1 is 1.59 bits per heavy atom. The van der Waals surface area contributed by atoms with Gasteiger partial charge in [0.05, 0.1) is 5.02 Å². The van der Waals surface area contributed by atoms with Gasteiger partial charge in [0.15, 0.2) is 0 Å². The maximum Gasteiger partial charge on any atom is 0.251 e. The minimum atomic E-state index is -0.0800. The van der Waals surface area contributed by atoms with Crippen LogP contribution in [-0.2, 0) is 0 Å². The molecule has 0 radical (unpaired) electrons. The highest BCUT2D eigenvalue weighted by atomic mass is 79.9. The molecule has 1 aromatic rings. The summed E-state index contributed by atoms with van der Waals surface area (Å²) in [5.74, 6) is 1.90. The first-order valence-electron chi connectivity index (χ1n) is 5.38. The molecule has 0 spiro atoms. The summed E-state index contributed by atoms with van der Waals surface area (Å²) in [6, 6.07) is 5.36. The predicted molar refractivity (Wildman–Crippen MR) is 79.1 cm³/mol. The Bertz CT molecular complexity index is 400. The Kier molecular flexibility index (Phi) is 6.38. The standard InChI is InChI=1S/C12H15BrClNOS/c1-3-17-7-8(2)15-12(16)9-4-5-10(13)11(14)6-9/h4-6,8H,3,7H2,1-2H3,(H,15,16). The Morgan fingerprint density at radius 3 is 2.88 bits per heavy atom. The molecule has 1 N–H and O–H groups in total. The van der Waals surface area contributed by atoms with Crippen LogP contribution in [0, 0.1) is 0 Å². The Hall–Kier alpha value is -0.190. The van der Waals surface area contributed by atoms with Crippen LogP contribution in [0.4, 0.5) is 0 Å². The third-order valence-electron chi connectivity index (χ3n) is 2.13. The summed E-state index contributed by atoms with van der Waals surface area (Å²) in [6.45, 7) is 4.11. The van der Waals surface area contributed by atoms with Crippen molar-refractivity contribution < 1.29 is 4.79 Å². The largest absolute Gasteiger partial charge is 0.349 e. The third kappa shape index (κ3) is 4.90. The van der Waals surface area contributed by atoms with Crippen molar-refractivity contribution in [2.45, 2.75) is 19.9 Å². The van der Waals surface area contributed by atoms with E-state index in [1.165, 1.54) is 0 Å². The highest BCUT2D eigenvalue weighted by molar-refractivity contribution is 9.10. The Morgan fingerprint density at radius 2 is 2.29 bits per heavy atom. The van der Waals surface area contributed by atoms with Crippen molar-refractivity contribution in [1.82, 2.24) is 5.32 Å². The van der Waals surface area contributed by atoms with Gasteiger partial charge >= 0.3 is 0 Å². The van der Waals surface area contributed by atoms with Crippen molar-refractivity contribution in [3.63, 3.8) is 0 Å². The maximum absolute atomic E-state index is 11.9. The van der Waals surface area contributed by atoms with Crippen molar-refractivity contribution in [1.29, 1.82) is 0 Å². The van der Waals surface area contributed by atoms with Crippen LogP contribution in [-0.4, -0.2) is 23.5 Å². The molecule has 0 aliphatic heterocycles. The summed E-state index contributed by atoms with van der Waals surface area (Å²) in [5, 5.41) is 3.49. The zero-order chi connectivity index (χ0) is 12.8. The van der Waals surface area contributed by atoms with Crippen LogP contribution >= 0.6 is 39.3 Å². The number of thioether (sulfide) groups is 1. The van der Waals surface area contributed by atoms with E-state index in [9.17, 15) is 4.79 Å². The molecule has 0 aromatic heterocycles. The van der Waals surface area contributed by atoms with Gasteiger partial charge in [0.1, 0.15) is 0 Å². The molecule has 5 heteroatoms. The molecule has 17 heavy (non-hydrogen) atoms. The highest BCUT2D eigenvalue weighted by Crippen LogP contribution is 2.23. The first kappa shape index (κ1) is 14.9. The fourth-order valence-corrected chi connectivity index (χ4v) is 2.38. The number of nitrogens with one attached hydrogen (secondary N) is 1. The van der Waals surface area contributed by atoms with Crippen LogP contribution in [0.15, 0.2) is 22.7 Å². The van der Waals surface area contributed by atoms with Crippen LogP contribution in [0.3, 0.4) is 0 Å². The smallest absolute Gasteiger partial charge is 0.251 e. The number of carbonyl (C=O) groups is 1. The number of hydrogen-bond donors (Lipinski definition) is 1. The van der Waals surface area contributed by atoms with Crippen LogP contribution in [0.1, 0.15) is 24.2 Å². The topological polar surface area (TPSA) is 29.1 Å². The molecule has 0 aliphatic carbocycles. The Balaban J connectivity index is 2.60. The van der Waals surface area contributed by atoms with Crippen molar-refractivity contribution >= 4 is 45.2 Å². The number of halogens is 2. The maximum atomic E-state index is 11.9. The third-order valence-corrected chi connectivity index (χ3v) is 4.51. The monoisotopic (exact) mass is 335 g/mol. The van der Waals surface area contributed by atoms with E-state index in [1.807, 2.05) is 18.7 Å². The molecule has 1 unspecified atom stereocenters. The molecule has 0 saturated carbocycles. The molecule has 1 aromatic carbocycles. The number of carbonyl (C=O) groups excluding carboxylic acids is 1. The molecule has 1 rings (SSSR count). The molecular weight excluding hydrogens is 322 g/mol. The molecule has 0 heterocycles. The summed E-state index contributed by atoms with van der Waals surface area (Å²) in [6.07, 6.45) is 0. The second-order valence-electron chi connectivity index (χ2n) is 3.66. The van der Waals surface area contributed by atoms with E-state index in [4.69, 9.17) is 11.6 Å². The van der Waals surface area contributed by atoms with Gasteiger partial charge in [-0.1, -0.05) is 18.5 Å². The van der Waals surface area contributed by atoms with E-state index < -0.39 is 0 Å². The van der Waals surface area contributed by atoms with Gasteiger partial charge < -0.3 is 5.32 Å². The van der Waals surface area contributed by atoms with Crippen LogP contribution < -0.4 is 5.32 Å². The Labute approximate surface area is 120 Å². The van der Waals surface area contributed by atoms with Gasteiger partial charge in [-0.25, -0.2) is 0 Å². The van der Waals surface area contributed by atoms with E-state index >= 15 is 0 Å². The predicted octanol–water partition coefficient (Wildman–Crippen LogP) is 3.97. The van der Waals surface area contributed by atoms with Crippen LogP contribution in [0.25, 0.3) is 0 Å². The summed E-state index contributed by atoms with van der Waals surface area (Å²) in [7, 11) is 0. The second-order valence-corrected chi connectivity index (χ2v) is 6.24. The van der Waals surface area contributed by atoms with Crippen molar-refractivity contribution in [3.8, 4) is 0 Å². The summed E-state index contributed by atoms with van der Waals surface area (Å²) in [5.41, 5.74) is 0.589. The molecule has 0 aliphatic rings. The molecule has 0 saturated heterocycles. The first-order chi connectivity index (χ1) is 8.04. The second kappa shape index (κ2) is 7.29. The first-order valence-corrected chi connectivity index (χ1v) is 7.70. The average Bonchev–Trinajstić information content (AvgIpc) is 2.30. The summed E-state index contributed by atoms with van der Waals surface area (Å²) in [4.78, 5) is 11.9. The number of benzene rings is 1. The fraction of sp³-hybridized carbons (Fsp3) is 0.417. The molecule has 0 fully saturated rings. The van der Waals surface area contributed by atoms with E-state index in [-0.39, 0.29) is 11.9 Å². The van der Waals surface area contributed by atoms with E-state index in [0.717, 1.165) is 16.0 Å². The highest BCUT2D eigenvalue weighted by Gasteiger charge is 2.10. The number of rotatable bonds is 5. The summed E-state index contributed by atoms with van der Waals surface area (Å²) >= 11 is 11.1. The zero-order valence-corrected chi connectivity index (χ0v) is 13.0. The molecule has 94 valence electrons. The minimum absolute atomic E-state index is 0.0800. The molecule has 0 bridgehead atoms. The van der Waals surface area contributed by atoms with Gasteiger partial charge in [0.25, 0.3) is 5.91 Å². The normalized spacial score (nSPS) is 12.2. The van der Waals surface area contributed by atoms with Gasteiger partial charge in [-0.3, -0.25) is 4.79 Å². The zero-order valence-electron chi connectivity index (χ0n) is 9.80. The van der Waals surface area contributed by atoms with Crippen molar-refractivity contribution in [2.24, 2.45) is 0 Å². The van der Waals surface area contributed by atoms with E-state index in [0.29, 0.717) is 10.6 Å². The fourth-order valence-electron chi connectivity index (χ4n) is 1.28. The van der Waals surface area contributed by atoms with Crippen molar-refractivity contribution in [2.75, 3.05) is 11.5 Å². The van der Waals surface area contributed by atoms with Gasteiger partial charge in [-0.15, -0.1) is 0 Å². The van der Waals surface area contributed by atoms with Crippen LogP contribution in [0.5, 0.6) is 0 Å². The SMILES string of the molecule is CCSCC(C)NC(=O)c1ccc(Br)c(Cl)c1. The lowest BCUT2D eigenvalue weighted by atomic mass is 10.2. The quantitative estimate of drug-likeness (QED) is 0.881. The van der Waals surface area contributed by atoms with Gasteiger partial charge in [0, 0.05) is 21.8 Å². The lowest BCUT2D eigenvalue weighted by Gasteiger charge is -2.13. The number of hydrogen-bond acceptors (Lipinski definition) is 2. The van der Waals surface area contributed by atoms with E-state index in [2.05, 4.69) is 28.2 Å².